The highest BCUT2D eigenvalue weighted by Gasteiger charge is 2.34. The van der Waals surface area contributed by atoms with Crippen molar-refractivity contribution in [3.8, 4) is 0 Å². The van der Waals surface area contributed by atoms with Crippen molar-refractivity contribution in [2.45, 2.75) is 32.0 Å². The zero-order valence-electron chi connectivity index (χ0n) is 16.0. The first-order valence-electron chi connectivity index (χ1n) is 9.41. The van der Waals surface area contributed by atoms with Crippen LogP contribution < -0.4 is 0 Å². The first kappa shape index (κ1) is 20.4. The van der Waals surface area contributed by atoms with Gasteiger partial charge in [-0.2, -0.15) is 0 Å². The molecule has 1 aliphatic heterocycles. The van der Waals surface area contributed by atoms with Crippen LogP contribution in [0, 0.1) is 0 Å². The van der Waals surface area contributed by atoms with Crippen molar-refractivity contribution < 1.29 is 17.9 Å². The van der Waals surface area contributed by atoms with Crippen molar-refractivity contribution in [1.82, 2.24) is 9.21 Å². The number of sulfonamides is 1. The monoisotopic (exact) mass is 402 g/mol. The zero-order valence-corrected chi connectivity index (χ0v) is 16.8. The summed E-state index contributed by atoms with van der Waals surface area (Å²) in [7, 11) is -1.91. The van der Waals surface area contributed by atoms with E-state index in [4.69, 9.17) is 4.74 Å². The van der Waals surface area contributed by atoms with Gasteiger partial charge >= 0.3 is 6.09 Å². The number of ether oxygens (including phenoxy) is 1. The standard InChI is InChI=1S/C21H26N2O4S/c1-22(15-18-9-4-2-5-10-18)28(25,26)17-20-13-8-14-23(20)21(24)27-16-19-11-6-3-7-12-19/h2-7,9-12,20H,8,13-17H2,1H3. The number of hydrogen-bond acceptors (Lipinski definition) is 4. The summed E-state index contributed by atoms with van der Waals surface area (Å²) in [5.41, 5.74) is 1.83. The molecule has 1 fully saturated rings. The highest BCUT2D eigenvalue weighted by Crippen LogP contribution is 2.22. The van der Waals surface area contributed by atoms with Crippen LogP contribution in [0.25, 0.3) is 0 Å². The topological polar surface area (TPSA) is 66.9 Å². The van der Waals surface area contributed by atoms with Crippen LogP contribution in [0.2, 0.25) is 0 Å². The maximum Gasteiger partial charge on any atom is 0.410 e. The second-order valence-corrected chi connectivity index (χ2v) is 9.17. The molecule has 0 bridgehead atoms. The minimum Gasteiger partial charge on any atom is -0.445 e. The van der Waals surface area contributed by atoms with Crippen LogP contribution in [0.1, 0.15) is 24.0 Å². The Labute approximate surface area is 166 Å². The number of carbonyl (C=O) groups excluding carboxylic acids is 1. The average Bonchev–Trinajstić information content (AvgIpc) is 3.15. The molecule has 1 heterocycles. The Balaban J connectivity index is 1.58. The lowest BCUT2D eigenvalue weighted by molar-refractivity contribution is 0.0947. The van der Waals surface area contributed by atoms with Crippen molar-refractivity contribution in [1.29, 1.82) is 0 Å². The molecule has 1 aliphatic rings. The van der Waals surface area contributed by atoms with Crippen LogP contribution in [0.5, 0.6) is 0 Å². The summed E-state index contributed by atoms with van der Waals surface area (Å²) in [4.78, 5) is 14.0. The number of nitrogens with zero attached hydrogens (tertiary/aromatic N) is 2. The van der Waals surface area contributed by atoms with Gasteiger partial charge in [-0.1, -0.05) is 60.7 Å². The van der Waals surface area contributed by atoms with Gasteiger partial charge in [-0.05, 0) is 24.0 Å². The lowest BCUT2D eigenvalue weighted by atomic mass is 10.2. The molecule has 0 N–H and O–H groups in total. The Morgan fingerprint density at radius 2 is 1.68 bits per heavy atom. The SMILES string of the molecule is CN(Cc1ccccc1)S(=O)(=O)CC1CCCN1C(=O)OCc1ccccc1. The highest BCUT2D eigenvalue weighted by atomic mass is 32.2. The van der Waals surface area contributed by atoms with E-state index in [2.05, 4.69) is 0 Å². The van der Waals surface area contributed by atoms with E-state index in [-0.39, 0.29) is 18.4 Å². The third-order valence-corrected chi connectivity index (χ3v) is 6.83. The van der Waals surface area contributed by atoms with Crippen molar-refractivity contribution in [2.24, 2.45) is 0 Å². The Morgan fingerprint density at radius 1 is 1.07 bits per heavy atom. The zero-order chi connectivity index (χ0) is 20.0. The largest absolute Gasteiger partial charge is 0.445 e. The van der Waals surface area contributed by atoms with Gasteiger partial charge in [-0.3, -0.25) is 0 Å². The molecule has 0 spiro atoms. The minimum atomic E-state index is -3.49. The first-order valence-corrected chi connectivity index (χ1v) is 11.0. The molecule has 2 aromatic carbocycles. The fraction of sp³-hybridized carbons (Fsp3) is 0.381. The van der Waals surface area contributed by atoms with Crippen LogP contribution in [0.4, 0.5) is 4.79 Å². The highest BCUT2D eigenvalue weighted by molar-refractivity contribution is 7.89. The van der Waals surface area contributed by atoms with Crippen molar-refractivity contribution in [2.75, 3.05) is 19.3 Å². The second-order valence-electron chi connectivity index (χ2n) is 7.05. The fourth-order valence-electron chi connectivity index (χ4n) is 3.36. The van der Waals surface area contributed by atoms with Crippen molar-refractivity contribution >= 4 is 16.1 Å². The van der Waals surface area contributed by atoms with Gasteiger partial charge in [-0.15, -0.1) is 0 Å². The summed E-state index contributed by atoms with van der Waals surface area (Å²) in [5.74, 6) is -0.0865. The third-order valence-electron chi connectivity index (χ3n) is 4.94. The van der Waals surface area contributed by atoms with Crippen LogP contribution in [0.15, 0.2) is 60.7 Å². The van der Waals surface area contributed by atoms with E-state index >= 15 is 0 Å². The average molecular weight is 403 g/mol. The van der Waals surface area contributed by atoms with E-state index in [1.165, 1.54) is 4.31 Å². The van der Waals surface area contributed by atoms with E-state index in [9.17, 15) is 13.2 Å². The van der Waals surface area contributed by atoms with Gasteiger partial charge in [0.2, 0.25) is 10.0 Å². The lowest BCUT2D eigenvalue weighted by Gasteiger charge is -2.26. The molecule has 0 saturated carbocycles. The minimum absolute atomic E-state index is 0.0865. The van der Waals surface area contributed by atoms with E-state index in [1.54, 1.807) is 11.9 Å². The molecule has 3 rings (SSSR count). The maximum atomic E-state index is 12.8. The van der Waals surface area contributed by atoms with Gasteiger partial charge in [0.15, 0.2) is 0 Å². The van der Waals surface area contributed by atoms with Gasteiger partial charge in [0.1, 0.15) is 6.61 Å². The molecule has 2 aromatic rings. The molecular weight excluding hydrogens is 376 g/mol. The molecule has 1 atom stereocenters. The van der Waals surface area contributed by atoms with Crippen molar-refractivity contribution in [3.63, 3.8) is 0 Å². The second kappa shape index (κ2) is 9.21. The molecule has 6 nitrogen and oxygen atoms in total. The lowest BCUT2D eigenvalue weighted by Crippen LogP contribution is -2.43. The number of benzene rings is 2. The van der Waals surface area contributed by atoms with E-state index in [0.29, 0.717) is 19.5 Å². The molecule has 1 amide bonds. The van der Waals surface area contributed by atoms with Gasteiger partial charge in [0.05, 0.1) is 11.8 Å². The van der Waals surface area contributed by atoms with Gasteiger partial charge in [0, 0.05) is 20.1 Å². The number of hydrogen-bond donors (Lipinski definition) is 0. The number of amides is 1. The maximum absolute atomic E-state index is 12.8. The number of likely N-dealkylation sites (tertiary alicyclic amines) is 1. The summed E-state index contributed by atoms with van der Waals surface area (Å²) in [5, 5.41) is 0. The van der Waals surface area contributed by atoms with Gasteiger partial charge < -0.3 is 9.64 Å². The van der Waals surface area contributed by atoms with E-state index in [0.717, 1.165) is 17.5 Å². The molecule has 28 heavy (non-hydrogen) atoms. The van der Waals surface area contributed by atoms with Crippen LogP contribution in [-0.2, 0) is 27.9 Å². The predicted molar refractivity (Wildman–Crippen MR) is 108 cm³/mol. The molecule has 7 heteroatoms. The molecular formula is C21H26N2O4S. The molecule has 1 unspecified atom stereocenters. The summed E-state index contributed by atoms with van der Waals surface area (Å²) in [6.07, 6.45) is 0.995. The smallest absolute Gasteiger partial charge is 0.410 e. The van der Waals surface area contributed by atoms with Crippen LogP contribution in [-0.4, -0.2) is 49.1 Å². The quantitative estimate of drug-likeness (QED) is 0.713. The molecule has 0 aromatic heterocycles. The summed E-state index contributed by atoms with van der Waals surface area (Å²) < 4.78 is 32.3. The fourth-order valence-corrected chi connectivity index (χ4v) is 4.79. The molecule has 150 valence electrons. The summed E-state index contributed by atoms with van der Waals surface area (Å²) >= 11 is 0. The number of carbonyl (C=O) groups is 1. The Bertz CT molecular complexity index is 872. The third kappa shape index (κ3) is 5.33. The predicted octanol–water partition coefficient (Wildman–Crippen LogP) is 3.25. The molecule has 0 radical (unpaired) electrons. The number of rotatable bonds is 7. The summed E-state index contributed by atoms with van der Waals surface area (Å²) in [6.45, 7) is 1.02. The molecule has 1 saturated heterocycles. The Kier molecular flexibility index (Phi) is 6.70. The van der Waals surface area contributed by atoms with Crippen LogP contribution in [0.3, 0.4) is 0 Å². The van der Waals surface area contributed by atoms with E-state index in [1.807, 2.05) is 60.7 Å². The Morgan fingerprint density at radius 3 is 2.32 bits per heavy atom. The van der Waals surface area contributed by atoms with E-state index < -0.39 is 16.1 Å². The molecule has 0 aliphatic carbocycles. The Hall–Kier alpha value is -2.38. The summed E-state index contributed by atoms with van der Waals surface area (Å²) in [6, 6.07) is 18.6. The van der Waals surface area contributed by atoms with Gasteiger partial charge in [0.25, 0.3) is 0 Å². The van der Waals surface area contributed by atoms with Crippen molar-refractivity contribution in [3.05, 3.63) is 71.8 Å². The normalized spacial score (nSPS) is 17.1. The van der Waals surface area contributed by atoms with Gasteiger partial charge in [-0.25, -0.2) is 17.5 Å². The first-order chi connectivity index (χ1) is 13.5. The van der Waals surface area contributed by atoms with Crippen LogP contribution >= 0.6 is 0 Å².